The minimum atomic E-state index is 0.0623. The maximum absolute atomic E-state index is 12.7. The number of H-pyrrole nitrogens is 1. The van der Waals surface area contributed by atoms with E-state index in [4.69, 9.17) is 4.98 Å². The summed E-state index contributed by atoms with van der Waals surface area (Å²) >= 11 is 1.74. The van der Waals surface area contributed by atoms with Crippen LogP contribution in [0.3, 0.4) is 0 Å². The van der Waals surface area contributed by atoms with Crippen LogP contribution < -0.4 is 10.9 Å². The van der Waals surface area contributed by atoms with E-state index in [2.05, 4.69) is 30.2 Å². The minimum Gasteiger partial charge on any atom is -0.337 e. The first-order valence-corrected chi connectivity index (χ1v) is 11.0. The average Bonchev–Trinajstić information content (AvgIpc) is 3.00. The van der Waals surface area contributed by atoms with Gasteiger partial charge in [0.1, 0.15) is 10.9 Å². The molecular formula is C21H30N3OS+. The van der Waals surface area contributed by atoms with Gasteiger partial charge in [-0.2, -0.15) is 0 Å². The van der Waals surface area contributed by atoms with Crippen molar-refractivity contribution in [2.24, 2.45) is 5.92 Å². The quantitative estimate of drug-likeness (QED) is 0.788. The van der Waals surface area contributed by atoms with E-state index in [1.165, 1.54) is 42.5 Å². The third kappa shape index (κ3) is 3.65. The van der Waals surface area contributed by atoms with Crippen LogP contribution in [0.25, 0.3) is 10.2 Å². The average molecular weight is 373 g/mol. The Morgan fingerprint density at radius 2 is 2.27 bits per heavy atom. The Kier molecular flexibility index (Phi) is 5.28. The smallest absolute Gasteiger partial charge is 0.260 e. The third-order valence-electron chi connectivity index (χ3n) is 5.99. The first kappa shape index (κ1) is 17.9. The van der Waals surface area contributed by atoms with Crippen molar-refractivity contribution in [3.63, 3.8) is 0 Å². The Hall–Kier alpha value is -1.46. The lowest BCUT2D eigenvalue weighted by Gasteiger charge is -2.17. The van der Waals surface area contributed by atoms with Crippen molar-refractivity contribution >= 4 is 21.6 Å². The molecule has 2 aliphatic carbocycles. The molecule has 0 unspecified atom stereocenters. The summed E-state index contributed by atoms with van der Waals surface area (Å²) in [5.74, 6) is 1.54. The molecule has 5 heteroatoms. The van der Waals surface area contributed by atoms with Crippen molar-refractivity contribution in [3.8, 4) is 0 Å². The number of thiophene rings is 1. The lowest BCUT2D eigenvalue weighted by molar-refractivity contribution is -0.693. The van der Waals surface area contributed by atoms with E-state index in [1.807, 2.05) is 0 Å². The molecule has 0 saturated carbocycles. The number of nitrogens with zero attached hydrogens (tertiary/aromatic N) is 1. The maximum atomic E-state index is 12.7. The molecule has 2 aliphatic rings. The summed E-state index contributed by atoms with van der Waals surface area (Å²) in [6, 6.07) is 0.189. The summed E-state index contributed by atoms with van der Waals surface area (Å²) in [6.45, 7) is 5.51. The first-order valence-electron chi connectivity index (χ1n) is 10.2. The molecule has 2 atom stereocenters. The maximum Gasteiger partial charge on any atom is 0.260 e. The predicted octanol–water partition coefficient (Wildman–Crippen LogP) is 3.62. The van der Waals surface area contributed by atoms with E-state index in [-0.39, 0.29) is 11.6 Å². The highest BCUT2D eigenvalue weighted by molar-refractivity contribution is 7.18. The van der Waals surface area contributed by atoms with Crippen LogP contribution in [0.1, 0.15) is 74.7 Å². The fraction of sp³-hybridized carbons (Fsp3) is 0.619. The molecule has 0 aliphatic heterocycles. The van der Waals surface area contributed by atoms with Gasteiger partial charge in [-0.1, -0.05) is 18.6 Å². The Balaban J connectivity index is 1.49. The molecule has 0 bridgehead atoms. The SMILES string of the molecule is C[C@H]1CCc2c(sc3nc([C@@H](C)[NH2+]CCC4=CCCCC4)[nH]c(=O)c23)C1. The summed E-state index contributed by atoms with van der Waals surface area (Å²) in [6.07, 6.45) is 12.1. The molecule has 4 rings (SSSR count). The second kappa shape index (κ2) is 7.65. The van der Waals surface area contributed by atoms with Crippen LogP contribution in [-0.2, 0) is 12.8 Å². The van der Waals surface area contributed by atoms with Gasteiger partial charge in [0, 0.05) is 11.3 Å². The molecular weight excluding hydrogens is 342 g/mol. The number of rotatable bonds is 5. The zero-order valence-electron chi connectivity index (χ0n) is 15.9. The monoisotopic (exact) mass is 372 g/mol. The van der Waals surface area contributed by atoms with Gasteiger partial charge in [0.15, 0.2) is 5.82 Å². The van der Waals surface area contributed by atoms with Gasteiger partial charge in [-0.15, -0.1) is 11.3 Å². The zero-order valence-corrected chi connectivity index (χ0v) is 16.8. The van der Waals surface area contributed by atoms with Crippen LogP contribution in [0.4, 0.5) is 0 Å². The normalized spacial score (nSPS) is 21.5. The van der Waals surface area contributed by atoms with Crippen molar-refractivity contribution in [3.05, 3.63) is 38.3 Å². The largest absolute Gasteiger partial charge is 0.337 e. The Morgan fingerprint density at radius 1 is 1.38 bits per heavy atom. The van der Waals surface area contributed by atoms with E-state index >= 15 is 0 Å². The summed E-state index contributed by atoms with van der Waals surface area (Å²) in [4.78, 5) is 23.0. The van der Waals surface area contributed by atoms with E-state index in [9.17, 15) is 4.79 Å². The molecule has 0 saturated heterocycles. The molecule has 0 aromatic carbocycles. The zero-order chi connectivity index (χ0) is 18.1. The summed E-state index contributed by atoms with van der Waals surface area (Å²) < 4.78 is 0. The van der Waals surface area contributed by atoms with Crippen molar-refractivity contribution in [1.29, 1.82) is 0 Å². The molecule has 3 N–H and O–H groups in total. The molecule has 2 aromatic heterocycles. The van der Waals surface area contributed by atoms with Gasteiger partial charge in [-0.3, -0.25) is 4.79 Å². The number of hydrogen-bond donors (Lipinski definition) is 2. The second-order valence-corrected chi connectivity index (χ2v) is 9.24. The lowest BCUT2D eigenvalue weighted by Crippen LogP contribution is -2.85. The number of fused-ring (bicyclic) bond motifs is 3. The number of allylic oxidation sites excluding steroid dienone is 1. The van der Waals surface area contributed by atoms with E-state index in [1.54, 1.807) is 16.9 Å². The molecule has 2 aromatic rings. The fourth-order valence-corrected chi connectivity index (χ4v) is 5.73. The number of nitrogens with two attached hydrogens (primary N) is 1. The number of hydrogen-bond acceptors (Lipinski definition) is 3. The molecule has 0 radical (unpaired) electrons. The van der Waals surface area contributed by atoms with Crippen molar-refractivity contribution in [1.82, 2.24) is 9.97 Å². The molecule has 0 amide bonds. The van der Waals surface area contributed by atoms with Crippen LogP contribution in [0.5, 0.6) is 0 Å². The van der Waals surface area contributed by atoms with Gasteiger partial charge in [-0.25, -0.2) is 4.98 Å². The van der Waals surface area contributed by atoms with Crippen LogP contribution in [0, 0.1) is 5.92 Å². The van der Waals surface area contributed by atoms with Crippen molar-refractivity contribution < 1.29 is 5.32 Å². The fourth-order valence-electron chi connectivity index (χ4n) is 4.34. The third-order valence-corrected chi connectivity index (χ3v) is 7.13. The van der Waals surface area contributed by atoms with Crippen LogP contribution >= 0.6 is 11.3 Å². The van der Waals surface area contributed by atoms with E-state index < -0.39 is 0 Å². The van der Waals surface area contributed by atoms with Gasteiger partial charge in [0.05, 0.1) is 11.9 Å². The minimum absolute atomic E-state index is 0.0623. The van der Waals surface area contributed by atoms with E-state index in [0.717, 1.165) is 47.8 Å². The second-order valence-electron chi connectivity index (χ2n) is 8.15. The molecule has 26 heavy (non-hydrogen) atoms. The Morgan fingerprint density at radius 3 is 3.08 bits per heavy atom. The van der Waals surface area contributed by atoms with Gasteiger partial charge in [-0.05, 0) is 63.4 Å². The first-order chi connectivity index (χ1) is 12.6. The van der Waals surface area contributed by atoms with Crippen molar-refractivity contribution in [2.45, 2.75) is 71.3 Å². The standard InChI is InChI=1S/C21H29N3OS/c1-13-8-9-16-17(12-13)26-21-18(16)20(25)23-19(24-21)14(2)22-11-10-15-6-4-3-5-7-15/h6,13-14,22H,3-5,7-12H2,1-2H3,(H,23,24,25)/p+1/t13-,14+/m0/s1. The van der Waals surface area contributed by atoms with Gasteiger partial charge < -0.3 is 10.3 Å². The summed E-state index contributed by atoms with van der Waals surface area (Å²) in [5.41, 5.74) is 2.94. The summed E-state index contributed by atoms with van der Waals surface area (Å²) in [5, 5.41) is 3.18. The highest BCUT2D eigenvalue weighted by atomic mass is 32.1. The van der Waals surface area contributed by atoms with Crippen molar-refractivity contribution in [2.75, 3.05) is 6.54 Å². The predicted molar refractivity (Wildman–Crippen MR) is 108 cm³/mol. The number of nitrogens with one attached hydrogen (secondary N) is 1. The van der Waals surface area contributed by atoms with Crippen LogP contribution in [0.15, 0.2) is 16.4 Å². The number of aromatic amines is 1. The highest BCUT2D eigenvalue weighted by Crippen LogP contribution is 2.35. The molecule has 140 valence electrons. The van der Waals surface area contributed by atoms with Gasteiger partial charge in [0.25, 0.3) is 5.56 Å². The highest BCUT2D eigenvalue weighted by Gasteiger charge is 2.24. The van der Waals surface area contributed by atoms with Gasteiger partial charge >= 0.3 is 0 Å². The topological polar surface area (TPSA) is 62.4 Å². The van der Waals surface area contributed by atoms with Gasteiger partial charge in [0.2, 0.25) is 0 Å². The molecule has 2 heterocycles. The Labute approximate surface area is 159 Å². The number of quaternary nitrogens is 1. The summed E-state index contributed by atoms with van der Waals surface area (Å²) in [7, 11) is 0. The van der Waals surface area contributed by atoms with Crippen LogP contribution in [0.2, 0.25) is 0 Å². The lowest BCUT2D eigenvalue weighted by atomic mass is 9.89. The molecule has 4 nitrogen and oxygen atoms in total. The van der Waals surface area contributed by atoms with E-state index in [0.29, 0.717) is 0 Å². The molecule has 0 spiro atoms. The Bertz CT molecular complexity index is 879. The number of aromatic nitrogens is 2. The van der Waals surface area contributed by atoms with Crippen LogP contribution in [-0.4, -0.2) is 16.5 Å². The number of aryl methyl sites for hydroxylation is 1. The molecule has 0 fully saturated rings.